The van der Waals surface area contributed by atoms with Gasteiger partial charge in [-0.25, -0.2) is 14.1 Å². The van der Waals surface area contributed by atoms with Gasteiger partial charge in [0.1, 0.15) is 12.4 Å². The minimum atomic E-state index is 0.567. The maximum atomic E-state index is 4.09. The fraction of sp³-hybridized carbons (Fsp3) is 0.571. The third-order valence-electron chi connectivity index (χ3n) is 3.40. The first kappa shape index (κ1) is 12.9. The van der Waals surface area contributed by atoms with E-state index >= 15 is 0 Å². The highest BCUT2D eigenvalue weighted by Crippen LogP contribution is 2.14. The Bertz CT molecular complexity index is 444. The molecule has 0 saturated carbocycles. The Kier molecular flexibility index (Phi) is 4.56. The Hall–Kier alpha value is -1.58. The summed E-state index contributed by atoms with van der Waals surface area (Å²) in [4.78, 5) is 4.09. The zero-order chi connectivity index (χ0) is 12.8. The van der Waals surface area contributed by atoms with Crippen LogP contribution in [0.1, 0.15) is 38.6 Å². The van der Waals surface area contributed by atoms with Crippen molar-refractivity contribution in [2.75, 3.05) is 0 Å². The molecule has 1 atom stereocenters. The average Bonchev–Trinajstić information content (AvgIpc) is 2.99. The topological polar surface area (TPSA) is 26.6 Å². The Morgan fingerprint density at radius 1 is 1.22 bits per heavy atom. The van der Waals surface area contributed by atoms with Crippen molar-refractivity contribution in [3.8, 4) is 0 Å². The van der Waals surface area contributed by atoms with Crippen LogP contribution in [0.25, 0.3) is 0 Å². The lowest BCUT2D eigenvalue weighted by Gasteiger charge is -2.12. The fourth-order valence-corrected chi connectivity index (χ4v) is 2.22. The van der Waals surface area contributed by atoms with Crippen molar-refractivity contribution in [3.05, 3.63) is 37.4 Å². The van der Waals surface area contributed by atoms with E-state index in [9.17, 15) is 0 Å². The summed E-state index contributed by atoms with van der Waals surface area (Å²) in [5.41, 5.74) is 0. The van der Waals surface area contributed by atoms with Crippen LogP contribution >= 0.6 is 0 Å². The number of nitrogens with zero attached hydrogens (tertiary/aromatic N) is 4. The number of aryl methyl sites for hydroxylation is 2. The lowest BCUT2D eigenvalue weighted by molar-refractivity contribution is -0.671. The first-order valence-electron chi connectivity index (χ1n) is 6.74. The molecule has 0 aliphatic carbocycles. The summed E-state index contributed by atoms with van der Waals surface area (Å²) < 4.78 is 6.52. The molecule has 2 aromatic rings. The highest BCUT2D eigenvalue weighted by Gasteiger charge is 2.04. The second-order valence-corrected chi connectivity index (χ2v) is 5.03. The van der Waals surface area contributed by atoms with Crippen molar-refractivity contribution in [2.24, 2.45) is 7.05 Å². The molecule has 0 fully saturated rings. The van der Waals surface area contributed by atoms with Crippen LogP contribution < -0.4 is 4.57 Å². The van der Waals surface area contributed by atoms with Gasteiger partial charge in [-0.1, -0.05) is 6.42 Å². The summed E-state index contributed by atoms with van der Waals surface area (Å²) in [6.45, 7) is 3.38. The van der Waals surface area contributed by atoms with E-state index in [4.69, 9.17) is 0 Å². The third kappa shape index (κ3) is 3.72. The van der Waals surface area contributed by atoms with Gasteiger partial charge in [0.25, 0.3) is 0 Å². The van der Waals surface area contributed by atoms with Gasteiger partial charge in [0, 0.05) is 18.4 Å². The smallest absolute Gasteiger partial charge is 0.243 e. The summed E-state index contributed by atoms with van der Waals surface area (Å²) in [6.07, 6.45) is 17.2. The number of unbranched alkanes of at least 4 members (excludes halogenated alkanes) is 2. The van der Waals surface area contributed by atoms with E-state index in [1.807, 2.05) is 18.7 Å². The molecule has 0 aromatic carbocycles. The van der Waals surface area contributed by atoms with E-state index in [0.717, 1.165) is 6.54 Å². The molecule has 0 amide bonds. The third-order valence-corrected chi connectivity index (χ3v) is 3.40. The molecular weight excluding hydrogens is 224 g/mol. The van der Waals surface area contributed by atoms with Gasteiger partial charge >= 0.3 is 0 Å². The molecule has 0 N–H and O–H groups in total. The van der Waals surface area contributed by atoms with Crippen LogP contribution in [0.5, 0.6) is 0 Å². The molecule has 0 aliphatic rings. The predicted octanol–water partition coefficient (Wildman–Crippen LogP) is 2.33. The standard InChI is InChI=1S/C14H23N4/c1-14(18-9-7-15-12-18)6-4-3-5-8-17-11-10-16(2)13-17/h7,9-14H,3-6,8H2,1-2H3/q+1. The monoisotopic (exact) mass is 247 g/mol. The number of hydrogen-bond acceptors (Lipinski definition) is 1. The largest absolute Gasteiger partial charge is 0.335 e. The molecular formula is C14H23N4+. The quantitative estimate of drug-likeness (QED) is 0.545. The van der Waals surface area contributed by atoms with Crippen LogP contribution in [0, 0.1) is 0 Å². The van der Waals surface area contributed by atoms with Gasteiger partial charge in [-0.3, -0.25) is 0 Å². The second kappa shape index (κ2) is 6.38. The van der Waals surface area contributed by atoms with E-state index in [2.05, 4.69) is 51.4 Å². The van der Waals surface area contributed by atoms with Crippen LogP contribution in [0.2, 0.25) is 0 Å². The minimum Gasteiger partial charge on any atom is -0.335 e. The fourth-order valence-electron chi connectivity index (χ4n) is 2.22. The first-order valence-corrected chi connectivity index (χ1v) is 6.74. The van der Waals surface area contributed by atoms with Gasteiger partial charge in [-0.15, -0.1) is 0 Å². The molecule has 2 rings (SSSR count). The zero-order valence-corrected chi connectivity index (χ0v) is 11.4. The maximum Gasteiger partial charge on any atom is 0.243 e. The highest BCUT2D eigenvalue weighted by atomic mass is 15.1. The summed E-state index contributed by atoms with van der Waals surface area (Å²) in [7, 11) is 2.06. The molecule has 18 heavy (non-hydrogen) atoms. The summed E-state index contributed by atoms with van der Waals surface area (Å²) in [6, 6.07) is 0.567. The molecule has 0 radical (unpaired) electrons. The van der Waals surface area contributed by atoms with Crippen molar-refractivity contribution in [2.45, 2.75) is 45.2 Å². The van der Waals surface area contributed by atoms with E-state index < -0.39 is 0 Å². The first-order chi connectivity index (χ1) is 8.75. The van der Waals surface area contributed by atoms with Crippen LogP contribution in [0.4, 0.5) is 0 Å². The molecule has 2 heterocycles. The summed E-state index contributed by atoms with van der Waals surface area (Å²) in [5, 5.41) is 0. The van der Waals surface area contributed by atoms with E-state index in [0.29, 0.717) is 6.04 Å². The van der Waals surface area contributed by atoms with Crippen molar-refractivity contribution >= 4 is 0 Å². The zero-order valence-electron chi connectivity index (χ0n) is 11.4. The molecule has 0 spiro atoms. The molecule has 1 unspecified atom stereocenters. The van der Waals surface area contributed by atoms with Crippen molar-refractivity contribution in [3.63, 3.8) is 0 Å². The maximum absolute atomic E-state index is 4.09. The lowest BCUT2D eigenvalue weighted by atomic mass is 10.1. The molecule has 2 aromatic heterocycles. The van der Waals surface area contributed by atoms with Crippen molar-refractivity contribution < 1.29 is 4.57 Å². The second-order valence-electron chi connectivity index (χ2n) is 5.03. The van der Waals surface area contributed by atoms with Gasteiger partial charge in [0.05, 0.1) is 19.9 Å². The molecule has 4 nitrogen and oxygen atoms in total. The average molecular weight is 247 g/mol. The predicted molar refractivity (Wildman–Crippen MR) is 71.0 cm³/mol. The number of imidazole rings is 2. The van der Waals surface area contributed by atoms with Crippen molar-refractivity contribution in [1.82, 2.24) is 14.1 Å². The normalized spacial score (nSPS) is 12.8. The Balaban J connectivity index is 1.59. The Morgan fingerprint density at radius 3 is 2.78 bits per heavy atom. The molecule has 4 heteroatoms. The van der Waals surface area contributed by atoms with Gasteiger partial charge in [0.15, 0.2) is 0 Å². The van der Waals surface area contributed by atoms with Gasteiger partial charge in [0.2, 0.25) is 6.33 Å². The van der Waals surface area contributed by atoms with Gasteiger partial charge < -0.3 is 4.57 Å². The number of aromatic nitrogens is 4. The van der Waals surface area contributed by atoms with Crippen LogP contribution in [0.3, 0.4) is 0 Å². The molecule has 0 saturated heterocycles. The summed E-state index contributed by atoms with van der Waals surface area (Å²) in [5.74, 6) is 0. The number of rotatable bonds is 7. The molecule has 0 bridgehead atoms. The highest BCUT2D eigenvalue weighted by molar-refractivity contribution is 4.78. The van der Waals surface area contributed by atoms with Crippen LogP contribution in [-0.4, -0.2) is 14.1 Å². The molecule has 0 aliphatic heterocycles. The Labute approximate surface area is 109 Å². The van der Waals surface area contributed by atoms with Crippen LogP contribution in [-0.2, 0) is 13.6 Å². The van der Waals surface area contributed by atoms with Gasteiger partial charge in [-0.2, -0.15) is 0 Å². The minimum absolute atomic E-state index is 0.567. The SMILES string of the molecule is CC(CCCCCn1cc[n+](C)c1)n1ccnc1. The lowest BCUT2D eigenvalue weighted by Crippen LogP contribution is -2.23. The number of hydrogen-bond donors (Lipinski definition) is 0. The van der Waals surface area contributed by atoms with E-state index in [1.54, 1.807) is 0 Å². The van der Waals surface area contributed by atoms with Crippen LogP contribution in [0.15, 0.2) is 37.4 Å². The Morgan fingerprint density at radius 2 is 2.11 bits per heavy atom. The molecule has 98 valence electrons. The van der Waals surface area contributed by atoms with Gasteiger partial charge in [-0.05, 0) is 26.2 Å². The van der Waals surface area contributed by atoms with E-state index in [1.165, 1.54) is 25.7 Å². The summed E-state index contributed by atoms with van der Waals surface area (Å²) >= 11 is 0. The van der Waals surface area contributed by atoms with E-state index in [-0.39, 0.29) is 0 Å². The van der Waals surface area contributed by atoms with Crippen molar-refractivity contribution in [1.29, 1.82) is 0 Å².